The van der Waals surface area contributed by atoms with Crippen LogP contribution in [0, 0.1) is 0 Å². The zero-order valence-electron chi connectivity index (χ0n) is 19.0. The van der Waals surface area contributed by atoms with E-state index in [0.29, 0.717) is 0 Å². The third kappa shape index (κ3) is 5.50. The number of nitrogens with two attached hydrogens (primary N) is 1. The summed E-state index contributed by atoms with van der Waals surface area (Å²) in [5.74, 6) is -2.00. The zero-order valence-corrected chi connectivity index (χ0v) is 19.0. The minimum Gasteiger partial charge on any atom is -0.480 e. The van der Waals surface area contributed by atoms with Crippen LogP contribution in [0.3, 0.4) is 0 Å². The molecule has 35 heavy (non-hydrogen) atoms. The van der Waals surface area contributed by atoms with Gasteiger partial charge in [-0.05, 0) is 27.8 Å². The molecule has 1 aliphatic rings. The number of alkyl carbamates (subject to hydrolysis) is 1. The first-order valence-electron chi connectivity index (χ1n) is 11.4. The van der Waals surface area contributed by atoms with Crippen LogP contribution in [0.1, 0.15) is 22.6 Å². The van der Waals surface area contributed by atoms with Crippen molar-refractivity contribution in [2.45, 2.75) is 24.4 Å². The Hall–Kier alpha value is -4.17. The van der Waals surface area contributed by atoms with Gasteiger partial charge in [0, 0.05) is 18.9 Å². The molecule has 0 fully saturated rings. The molecule has 1 aliphatic carbocycles. The van der Waals surface area contributed by atoms with Crippen molar-refractivity contribution in [3.63, 3.8) is 0 Å². The molecule has 5 N–H and O–H groups in total. The number of carboxylic acids is 1. The maximum atomic E-state index is 12.7. The average Bonchev–Trinajstić information content (AvgIpc) is 3.19. The van der Waals surface area contributed by atoms with Crippen LogP contribution in [0.25, 0.3) is 11.1 Å². The van der Waals surface area contributed by atoms with Gasteiger partial charge in [0.25, 0.3) is 0 Å². The largest absolute Gasteiger partial charge is 0.480 e. The number of fused-ring (bicyclic) bond motifs is 3. The summed E-state index contributed by atoms with van der Waals surface area (Å²) in [7, 11) is 0. The summed E-state index contributed by atoms with van der Waals surface area (Å²) < 4.78 is 5.47. The van der Waals surface area contributed by atoms with Gasteiger partial charge in [-0.1, -0.05) is 78.9 Å². The SMILES string of the molecule is NC[C@H](NC(=O)OCC1c2ccccc2-c2ccccc21)C(=O)N[C@@H](Cc1ccccc1)C(=O)O. The van der Waals surface area contributed by atoms with Crippen LogP contribution in [0.2, 0.25) is 0 Å². The first-order chi connectivity index (χ1) is 17.0. The van der Waals surface area contributed by atoms with Crippen molar-refractivity contribution < 1.29 is 24.2 Å². The summed E-state index contributed by atoms with van der Waals surface area (Å²) >= 11 is 0. The number of carboxylic acid groups (broad SMARTS) is 1. The molecule has 180 valence electrons. The molecule has 0 radical (unpaired) electrons. The predicted molar refractivity (Wildman–Crippen MR) is 131 cm³/mol. The molecule has 0 saturated carbocycles. The van der Waals surface area contributed by atoms with Crippen LogP contribution in [-0.4, -0.2) is 48.3 Å². The van der Waals surface area contributed by atoms with Crippen LogP contribution in [-0.2, 0) is 20.7 Å². The monoisotopic (exact) mass is 473 g/mol. The Bertz CT molecular complexity index is 1170. The molecule has 8 heteroatoms. The number of nitrogens with one attached hydrogen (secondary N) is 2. The highest BCUT2D eigenvalue weighted by atomic mass is 16.5. The molecule has 8 nitrogen and oxygen atoms in total. The number of carbonyl (C=O) groups excluding carboxylic acids is 2. The van der Waals surface area contributed by atoms with Crippen LogP contribution < -0.4 is 16.4 Å². The molecule has 2 atom stereocenters. The second-order valence-corrected chi connectivity index (χ2v) is 8.35. The van der Waals surface area contributed by atoms with Gasteiger partial charge < -0.3 is 26.2 Å². The van der Waals surface area contributed by atoms with Gasteiger partial charge in [-0.2, -0.15) is 0 Å². The topological polar surface area (TPSA) is 131 Å². The van der Waals surface area contributed by atoms with Gasteiger partial charge in [0.15, 0.2) is 0 Å². The van der Waals surface area contributed by atoms with Crippen LogP contribution >= 0.6 is 0 Å². The first kappa shape index (κ1) is 24.0. The summed E-state index contributed by atoms with van der Waals surface area (Å²) in [4.78, 5) is 36.9. The van der Waals surface area contributed by atoms with E-state index in [2.05, 4.69) is 10.6 Å². The Labute approximate surface area is 203 Å². The van der Waals surface area contributed by atoms with E-state index in [1.807, 2.05) is 54.6 Å². The number of carbonyl (C=O) groups is 3. The molecule has 0 spiro atoms. The molecular weight excluding hydrogens is 446 g/mol. The first-order valence-corrected chi connectivity index (χ1v) is 11.4. The fourth-order valence-electron chi connectivity index (χ4n) is 4.34. The molecule has 0 bridgehead atoms. The Kier molecular flexibility index (Phi) is 7.42. The Morgan fingerprint density at radius 3 is 1.97 bits per heavy atom. The fourth-order valence-corrected chi connectivity index (χ4v) is 4.34. The van der Waals surface area contributed by atoms with Crippen molar-refractivity contribution in [1.29, 1.82) is 0 Å². The minimum atomic E-state index is -1.18. The third-order valence-electron chi connectivity index (χ3n) is 6.09. The Morgan fingerprint density at radius 2 is 1.40 bits per heavy atom. The van der Waals surface area contributed by atoms with Gasteiger partial charge in [0.2, 0.25) is 5.91 Å². The second kappa shape index (κ2) is 10.8. The summed E-state index contributed by atoms with van der Waals surface area (Å²) in [5.41, 5.74) is 10.8. The van der Waals surface area contributed by atoms with Crippen LogP contribution in [0.15, 0.2) is 78.9 Å². The molecule has 0 unspecified atom stereocenters. The highest BCUT2D eigenvalue weighted by molar-refractivity contribution is 5.89. The van der Waals surface area contributed by atoms with E-state index in [9.17, 15) is 19.5 Å². The lowest BCUT2D eigenvalue weighted by atomic mass is 9.98. The van der Waals surface area contributed by atoms with Crippen LogP contribution in [0.4, 0.5) is 4.79 Å². The fraction of sp³-hybridized carbons (Fsp3) is 0.222. The summed E-state index contributed by atoms with van der Waals surface area (Å²) in [6.07, 6.45) is -0.697. The number of hydrogen-bond donors (Lipinski definition) is 4. The lowest BCUT2D eigenvalue weighted by Crippen LogP contribution is -2.55. The van der Waals surface area contributed by atoms with Gasteiger partial charge in [0.05, 0.1) is 0 Å². The van der Waals surface area contributed by atoms with E-state index >= 15 is 0 Å². The van der Waals surface area contributed by atoms with Crippen molar-refractivity contribution in [3.05, 3.63) is 95.6 Å². The molecule has 0 aliphatic heterocycles. The lowest BCUT2D eigenvalue weighted by molar-refractivity contribution is -0.142. The van der Waals surface area contributed by atoms with Crippen molar-refractivity contribution in [2.75, 3.05) is 13.2 Å². The van der Waals surface area contributed by atoms with Crippen LogP contribution in [0.5, 0.6) is 0 Å². The second-order valence-electron chi connectivity index (χ2n) is 8.35. The minimum absolute atomic E-state index is 0.0878. The normalized spacial score (nSPS) is 13.7. The summed E-state index contributed by atoms with van der Waals surface area (Å²) in [5, 5.41) is 14.4. The number of ether oxygens (including phenoxy) is 1. The van der Waals surface area contributed by atoms with E-state index in [1.165, 1.54) is 0 Å². The molecule has 2 amide bonds. The smallest absolute Gasteiger partial charge is 0.407 e. The summed E-state index contributed by atoms with van der Waals surface area (Å²) in [6.45, 7) is -0.127. The Morgan fingerprint density at radius 1 is 0.829 bits per heavy atom. The predicted octanol–water partition coefficient (Wildman–Crippen LogP) is 2.66. The lowest BCUT2D eigenvalue weighted by Gasteiger charge is -2.21. The quantitative estimate of drug-likeness (QED) is 0.378. The van der Waals surface area contributed by atoms with Gasteiger partial charge in [-0.3, -0.25) is 4.79 Å². The highest BCUT2D eigenvalue weighted by Crippen LogP contribution is 2.44. The van der Waals surface area contributed by atoms with Crippen molar-refractivity contribution in [2.24, 2.45) is 5.73 Å². The number of hydrogen-bond acceptors (Lipinski definition) is 5. The number of rotatable bonds is 9. The molecule has 4 rings (SSSR count). The van der Waals surface area contributed by atoms with Gasteiger partial charge >= 0.3 is 12.1 Å². The average molecular weight is 474 g/mol. The highest BCUT2D eigenvalue weighted by Gasteiger charge is 2.30. The third-order valence-corrected chi connectivity index (χ3v) is 6.09. The van der Waals surface area contributed by atoms with Crippen molar-refractivity contribution in [3.8, 4) is 11.1 Å². The maximum Gasteiger partial charge on any atom is 0.407 e. The van der Waals surface area contributed by atoms with E-state index in [-0.39, 0.29) is 25.5 Å². The molecular formula is C27H27N3O5. The van der Waals surface area contributed by atoms with Crippen molar-refractivity contribution >= 4 is 18.0 Å². The zero-order chi connectivity index (χ0) is 24.8. The number of amides is 2. The standard InChI is InChI=1S/C27H27N3O5/c28-15-24(25(31)29-23(26(32)33)14-17-8-2-1-3-9-17)30-27(34)35-16-22-20-12-6-4-10-18(20)19-11-5-7-13-21(19)22/h1-13,22-24H,14-16,28H2,(H,29,31)(H,30,34)(H,32,33)/t23-,24-/m0/s1. The summed E-state index contributed by atoms with van der Waals surface area (Å²) in [6, 6.07) is 22.6. The number of benzene rings is 3. The van der Waals surface area contributed by atoms with E-state index in [4.69, 9.17) is 10.5 Å². The molecule has 0 saturated heterocycles. The van der Waals surface area contributed by atoms with Gasteiger partial charge in [-0.15, -0.1) is 0 Å². The van der Waals surface area contributed by atoms with E-state index < -0.39 is 30.1 Å². The van der Waals surface area contributed by atoms with E-state index in [1.54, 1.807) is 24.3 Å². The Balaban J connectivity index is 1.36. The van der Waals surface area contributed by atoms with Gasteiger partial charge in [-0.25, -0.2) is 9.59 Å². The van der Waals surface area contributed by atoms with E-state index in [0.717, 1.165) is 27.8 Å². The number of aliphatic carboxylic acids is 1. The molecule has 0 heterocycles. The molecule has 0 aromatic heterocycles. The van der Waals surface area contributed by atoms with Crippen molar-refractivity contribution in [1.82, 2.24) is 10.6 Å². The maximum absolute atomic E-state index is 12.7. The van der Waals surface area contributed by atoms with Gasteiger partial charge in [0.1, 0.15) is 18.7 Å². The molecule has 3 aromatic carbocycles. The molecule has 3 aromatic rings.